The van der Waals surface area contributed by atoms with E-state index >= 15 is 0 Å². The summed E-state index contributed by atoms with van der Waals surface area (Å²) in [4.78, 5) is 11.7. The maximum atomic E-state index is 11.7. The van der Waals surface area contributed by atoms with Gasteiger partial charge in [0.05, 0.1) is 25.7 Å². The molecule has 0 atom stereocenters. The van der Waals surface area contributed by atoms with Crippen LogP contribution in [-0.4, -0.2) is 37.8 Å². The Morgan fingerprint density at radius 3 is 2.83 bits per heavy atom. The predicted molar refractivity (Wildman–Crippen MR) is 74.3 cm³/mol. The van der Waals surface area contributed by atoms with E-state index in [4.69, 9.17) is 14.9 Å². The van der Waals surface area contributed by atoms with E-state index in [9.17, 15) is 4.79 Å². The first-order valence-corrected chi connectivity index (χ1v) is 6.45. The van der Waals surface area contributed by atoms with Crippen molar-refractivity contribution in [3.63, 3.8) is 0 Å². The first-order chi connectivity index (χ1) is 8.71. The van der Waals surface area contributed by atoms with Crippen molar-refractivity contribution in [1.82, 2.24) is 0 Å². The Morgan fingerprint density at radius 1 is 1.44 bits per heavy atom. The molecule has 1 amide bonds. The number of hydrogen-bond donors (Lipinski definition) is 2. The molecule has 1 rings (SSSR count). The van der Waals surface area contributed by atoms with Crippen LogP contribution in [0.2, 0.25) is 0 Å². The van der Waals surface area contributed by atoms with Gasteiger partial charge in [-0.25, -0.2) is 0 Å². The van der Waals surface area contributed by atoms with E-state index in [1.54, 1.807) is 32.4 Å². The second-order valence-corrected chi connectivity index (χ2v) is 4.36. The fraction of sp³-hybridized carbons (Fsp3) is 0.333. The van der Waals surface area contributed by atoms with E-state index in [0.717, 1.165) is 0 Å². The Balaban J connectivity index is 2.69. The minimum Gasteiger partial charge on any atom is -0.497 e. The van der Waals surface area contributed by atoms with Crippen molar-refractivity contribution in [3.8, 4) is 11.5 Å². The van der Waals surface area contributed by atoms with Crippen molar-refractivity contribution in [2.45, 2.75) is 0 Å². The molecule has 0 saturated carbocycles. The topological polar surface area (TPSA) is 71.4 Å². The second-order valence-electron chi connectivity index (χ2n) is 3.33. The number of ether oxygens (including phenoxy) is 2. The first kappa shape index (κ1) is 14.4. The maximum absolute atomic E-state index is 11.7. The van der Waals surface area contributed by atoms with Crippen LogP contribution in [0.1, 0.15) is 0 Å². The van der Waals surface area contributed by atoms with Crippen LogP contribution in [0.4, 0.5) is 5.69 Å². The van der Waals surface area contributed by atoms with Crippen molar-refractivity contribution in [1.29, 1.82) is 5.41 Å². The fourth-order valence-electron chi connectivity index (χ4n) is 1.31. The summed E-state index contributed by atoms with van der Waals surface area (Å²) < 4.78 is 10.3. The number of nitrogens with one attached hydrogen (secondary N) is 2. The smallest absolute Gasteiger partial charge is 0.234 e. The number of amides is 1. The number of benzene rings is 1. The van der Waals surface area contributed by atoms with E-state index < -0.39 is 0 Å². The molecule has 0 aromatic heterocycles. The molecule has 2 N–H and O–H groups in total. The van der Waals surface area contributed by atoms with E-state index in [2.05, 4.69) is 5.32 Å². The van der Waals surface area contributed by atoms with Gasteiger partial charge in [0.1, 0.15) is 11.5 Å². The normalized spacial score (nSPS) is 9.67. The Kier molecular flexibility index (Phi) is 6.07. The maximum Gasteiger partial charge on any atom is 0.234 e. The Bertz CT molecular complexity index is 424. The monoisotopic (exact) mass is 268 g/mol. The van der Waals surface area contributed by atoms with E-state index in [1.807, 2.05) is 0 Å². The van der Waals surface area contributed by atoms with Crippen LogP contribution in [0.5, 0.6) is 11.5 Å². The third kappa shape index (κ3) is 4.29. The van der Waals surface area contributed by atoms with Crippen LogP contribution in [0.15, 0.2) is 18.2 Å². The minimum atomic E-state index is -0.131. The molecule has 1 aromatic carbocycles. The molecule has 0 heterocycles. The van der Waals surface area contributed by atoms with E-state index in [0.29, 0.717) is 28.7 Å². The van der Waals surface area contributed by atoms with E-state index in [-0.39, 0.29) is 5.91 Å². The molecule has 0 unspecified atom stereocenters. The zero-order valence-corrected chi connectivity index (χ0v) is 11.2. The molecule has 0 radical (unpaired) electrons. The highest BCUT2D eigenvalue weighted by Gasteiger charge is 2.08. The average molecular weight is 268 g/mol. The SMILES string of the molecule is COc1ccc(OC)c(NC(=O)CSCC=N)c1. The highest BCUT2D eigenvalue weighted by molar-refractivity contribution is 8.00. The quantitative estimate of drug-likeness (QED) is 0.586. The highest BCUT2D eigenvalue weighted by Crippen LogP contribution is 2.28. The number of carbonyl (C=O) groups is 1. The zero-order valence-electron chi connectivity index (χ0n) is 10.4. The van der Waals surface area contributed by atoms with Gasteiger partial charge in [-0.2, -0.15) is 0 Å². The predicted octanol–water partition coefficient (Wildman–Crippen LogP) is 2.03. The summed E-state index contributed by atoms with van der Waals surface area (Å²) in [6.07, 6.45) is 1.27. The summed E-state index contributed by atoms with van der Waals surface area (Å²) in [7, 11) is 3.11. The lowest BCUT2D eigenvalue weighted by Gasteiger charge is -2.11. The molecular formula is C12H16N2O3S. The van der Waals surface area contributed by atoms with Crippen LogP contribution in [-0.2, 0) is 4.79 Å². The molecule has 0 saturated heterocycles. The van der Waals surface area contributed by atoms with Gasteiger partial charge >= 0.3 is 0 Å². The van der Waals surface area contributed by atoms with Crippen LogP contribution in [0.25, 0.3) is 0 Å². The van der Waals surface area contributed by atoms with Gasteiger partial charge in [0.15, 0.2) is 0 Å². The van der Waals surface area contributed by atoms with Gasteiger partial charge in [0.2, 0.25) is 5.91 Å². The van der Waals surface area contributed by atoms with Crippen molar-refractivity contribution in [2.24, 2.45) is 0 Å². The summed E-state index contributed by atoms with van der Waals surface area (Å²) in [5, 5.41) is 9.63. The molecule has 98 valence electrons. The molecular weight excluding hydrogens is 252 g/mol. The summed E-state index contributed by atoms with van der Waals surface area (Å²) in [5.74, 6) is 1.94. The number of methoxy groups -OCH3 is 2. The standard InChI is InChI=1S/C12H16N2O3S/c1-16-9-3-4-11(17-2)10(7-9)14-12(15)8-18-6-5-13/h3-5,7,13H,6,8H2,1-2H3,(H,14,15). The number of rotatable bonds is 7. The summed E-state index contributed by atoms with van der Waals surface area (Å²) in [6, 6.07) is 5.20. The molecule has 0 fully saturated rings. The summed E-state index contributed by atoms with van der Waals surface area (Å²) in [6.45, 7) is 0. The summed E-state index contributed by atoms with van der Waals surface area (Å²) >= 11 is 1.38. The summed E-state index contributed by atoms with van der Waals surface area (Å²) in [5.41, 5.74) is 0.581. The molecule has 6 heteroatoms. The van der Waals surface area contributed by atoms with Crippen molar-refractivity contribution in [3.05, 3.63) is 18.2 Å². The fourth-order valence-corrected chi connectivity index (χ4v) is 1.80. The van der Waals surface area contributed by atoms with Gasteiger partial charge in [-0.05, 0) is 12.1 Å². The lowest BCUT2D eigenvalue weighted by atomic mass is 10.2. The van der Waals surface area contributed by atoms with Crippen molar-refractivity contribution < 1.29 is 14.3 Å². The average Bonchev–Trinajstić information content (AvgIpc) is 2.39. The number of thioether (sulfide) groups is 1. The third-order valence-corrected chi connectivity index (χ3v) is 2.98. The molecule has 1 aromatic rings. The Hall–Kier alpha value is -1.69. The van der Waals surface area contributed by atoms with Crippen LogP contribution in [0.3, 0.4) is 0 Å². The van der Waals surface area contributed by atoms with Gasteiger partial charge in [0.25, 0.3) is 0 Å². The number of anilines is 1. The zero-order chi connectivity index (χ0) is 13.4. The van der Waals surface area contributed by atoms with Crippen molar-refractivity contribution in [2.75, 3.05) is 31.0 Å². The van der Waals surface area contributed by atoms with Gasteiger partial charge in [-0.3, -0.25) is 4.79 Å². The number of hydrogen-bond acceptors (Lipinski definition) is 5. The molecule has 0 spiro atoms. The number of carbonyl (C=O) groups excluding carboxylic acids is 1. The molecule has 0 aliphatic rings. The molecule has 0 aliphatic carbocycles. The van der Waals surface area contributed by atoms with Crippen molar-refractivity contribution >= 4 is 29.6 Å². The van der Waals surface area contributed by atoms with Gasteiger partial charge in [-0.1, -0.05) is 0 Å². The van der Waals surface area contributed by atoms with Crippen LogP contribution in [0, 0.1) is 5.41 Å². The molecule has 18 heavy (non-hydrogen) atoms. The molecule has 0 bridgehead atoms. The Morgan fingerprint density at radius 2 is 2.22 bits per heavy atom. The highest BCUT2D eigenvalue weighted by atomic mass is 32.2. The third-order valence-electron chi connectivity index (χ3n) is 2.12. The molecule has 0 aliphatic heterocycles. The van der Waals surface area contributed by atoms with Crippen LogP contribution >= 0.6 is 11.8 Å². The van der Waals surface area contributed by atoms with Gasteiger partial charge < -0.3 is 20.2 Å². The minimum absolute atomic E-state index is 0.131. The lowest BCUT2D eigenvalue weighted by Crippen LogP contribution is -2.15. The van der Waals surface area contributed by atoms with E-state index in [1.165, 1.54) is 18.0 Å². The largest absolute Gasteiger partial charge is 0.497 e. The van der Waals surface area contributed by atoms with Crippen LogP contribution < -0.4 is 14.8 Å². The lowest BCUT2D eigenvalue weighted by molar-refractivity contribution is -0.113. The first-order valence-electron chi connectivity index (χ1n) is 5.29. The van der Waals surface area contributed by atoms with Gasteiger partial charge in [0, 0.05) is 18.0 Å². The molecule has 5 nitrogen and oxygen atoms in total. The van der Waals surface area contributed by atoms with Gasteiger partial charge in [-0.15, -0.1) is 11.8 Å². The Labute approximate surface area is 110 Å². The second kappa shape index (κ2) is 7.60.